The number of hydrogen-bond acceptors (Lipinski definition) is 5. The average molecular weight is 304 g/mol. The first-order chi connectivity index (χ1) is 10.8. The number of carboxylic acid groups (broad SMARTS) is 1. The SMILES string of the molecule is [2H]OC(=O)C(C)C(C(=O)OC([2H])([2H])[2H])C(CC)COCC(F)(F)F. The molecule has 0 aromatic carbocycles. The molecule has 5 nitrogen and oxygen atoms in total. The molecule has 0 rings (SSSR count). The van der Waals surface area contributed by atoms with Gasteiger partial charge < -0.3 is 14.6 Å². The fraction of sp³-hybridized carbons (Fsp3) is 0.833. The molecule has 0 saturated carbocycles. The third-order valence-electron chi connectivity index (χ3n) is 2.91. The van der Waals surface area contributed by atoms with Crippen molar-refractivity contribution >= 4 is 11.9 Å². The van der Waals surface area contributed by atoms with Crippen LogP contribution >= 0.6 is 0 Å². The summed E-state index contributed by atoms with van der Waals surface area (Å²) in [6.45, 7) is 0.610. The minimum Gasteiger partial charge on any atom is -0.481 e. The highest BCUT2D eigenvalue weighted by Crippen LogP contribution is 2.27. The Morgan fingerprint density at radius 2 is 2.10 bits per heavy atom. The molecular weight excluding hydrogens is 281 g/mol. The fourth-order valence-electron chi connectivity index (χ4n) is 1.82. The topological polar surface area (TPSA) is 72.8 Å². The van der Waals surface area contributed by atoms with Gasteiger partial charge in [0.2, 0.25) is 0 Å². The Morgan fingerprint density at radius 1 is 1.45 bits per heavy atom. The lowest BCUT2D eigenvalue weighted by atomic mass is 9.81. The molecule has 0 aromatic heterocycles. The van der Waals surface area contributed by atoms with E-state index in [1.165, 1.54) is 13.8 Å². The first kappa shape index (κ1) is 12.4. The van der Waals surface area contributed by atoms with Gasteiger partial charge in [0.05, 0.1) is 29.6 Å². The van der Waals surface area contributed by atoms with Crippen molar-refractivity contribution in [3.8, 4) is 0 Å². The summed E-state index contributed by atoms with van der Waals surface area (Å²) in [5.74, 6) is -6.10. The summed E-state index contributed by atoms with van der Waals surface area (Å²) < 4.78 is 72.5. The van der Waals surface area contributed by atoms with E-state index < -0.39 is 56.1 Å². The Balaban J connectivity index is 5.24. The van der Waals surface area contributed by atoms with Gasteiger partial charge in [-0.15, -0.1) is 0 Å². The molecule has 0 spiro atoms. The van der Waals surface area contributed by atoms with Crippen LogP contribution in [0.3, 0.4) is 0 Å². The van der Waals surface area contributed by atoms with Gasteiger partial charge in [0.15, 0.2) is 0 Å². The van der Waals surface area contributed by atoms with Crippen molar-refractivity contribution in [1.82, 2.24) is 0 Å². The number of hydrogen-bond donors (Lipinski definition) is 1. The van der Waals surface area contributed by atoms with Crippen molar-refractivity contribution < 1.29 is 41.5 Å². The predicted octanol–water partition coefficient (Wildman–Crippen LogP) is 2.10. The van der Waals surface area contributed by atoms with E-state index in [4.69, 9.17) is 5.54 Å². The molecule has 0 radical (unpaired) electrons. The van der Waals surface area contributed by atoms with E-state index >= 15 is 0 Å². The van der Waals surface area contributed by atoms with Crippen molar-refractivity contribution in [2.24, 2.45) is 17.8 Å². The summed E-state index contributed by atoms with van der Waals surface area (Å²) in [6, 6.07) is 0. The molecule has 0 amide bonds. The third-order valence-corrected chi connectivity index (χ3v) is 2.91. The fourth-order valence-corrected chi connectivity index (χ4v) is 1.82. The summed E-state index contributed by atoms with van der Waals surface area (Å²) in [4.78, 5) is 23.5. The van der Waals surface area contributed by atoms with Crippen LogP contribution in [0.25, 0.3) is 1.43 Å². The van der Waals surface area contributed by atoms with Crippen LogP contribution in [0.2, 0.25) is 0 Å². The Kier molecular flexibility index (Phi) is 5.02. The smallest absolute Gasteiger partial charge is 0.411 e. The van der Waals surface area contributed by atoms with Gasteiger partial charge in [0.25, 0.3) is 1.43 Å². The van der Waals surface area contributed by atoms with E-state index in [0.717, 1.165) is 0 Å². The van der Waals surface area contributed by atoms with Crippen molar-refractivity contribution in [3.63, 3.8) is 0 Å². The minimum atomic E-state index is -4.57. The maximum atomic E-state index is 12.1. The van der Waals surface area contributed by atoms with Gasteiger partial charge in [-0.25, -0.2) is 0 Å². The lowest BCUT2D eigenvalue weighted by Crippen LogP contribution is -2.37. The standard InChI is InChI=1S/C12H19F3O5/c1-4-8(5-20-6-12(13,14)15)9(11(18)19-3)7(2)10(16)17/h7-9H,4-6H2,1-3H3,(H,16,17)/i3D3/hD. The number of carbonyl (C=O) groups excluding carboxylic acids is 1. The second kappa shape index (κ2) is 8.08. The van der Waals surface area contributed by atoms with Crippen LogP contribution in [-0.4, -0.2) is 43.5 Å². The number of aliphatic carboxylic acids is 1. The Labute approximate surface area is 120 Å². The Hall–Kier alpha value is -1.31. The third kappa shape index (κ3) is 6.23. The zero-order valence-corrected chi connectivity index (χ0v) is 11.0. The summed E-state index contributed by atoms with van der Waals surface area (Å²) in [6.07, 6.45) is -4.47. The second-order valence-electron chi connectivity index (χ2n) is 4.35. The molecule has 3 atom stereocenters. The lowest BCUT2D eigenvalue weighted by Gasteiger charge is -2.27. The average Bonchev–Trinajstić information content (AvgIpc) is 2.41. The molecule has 0 aromatic rings. The zero-order valence-electron chi connectivity index (χ0n) is 15.0. The van der Waals surface area contributed by atoms with E-state index in [-0.39, 0.29) is 6.42 Å². The number of esters is 1. The van der Waals surface area contributed by atoms with Crippen LogP contribution < -0.4 is 0 Å². The highest BCUT2D eigenvalue weighted by Gasteiger charge is 2.37. The van der Waals surface area contributed by atoms with Crippen molar-refractivity contribution in [2.45, 2.75) is 26.4 Å². The molecule has 3 unspecified atom stereocenters. The van der Waals surface area contributed by atoms with Gasteiger partial charge in [-0.3, -0.25) is 9.59 Å². The highest BCUT2D eigenvalue weighted by molar-refractivity contribution is 5.81. The summed E-state index contributed by atoms with van der Waals surface area (Å²) in [5.41, 5.74) is 0. The number of carboxylic acids is 1. The van der Waals surface area contributed by atoms with E-state index in [9.17, 15) is 22.8 Å². The molecule has 0 heterocycles. The maximum absolute atomic E-state index is 12.1. The number of methoxy groups -OCH3 is 1. The number of carbonyl (C=O) groups is 2. The van der Waals surface area contributed by atoms with E-state index in [2.05, 4.69) is 14.6 Å². The van der Waals surface area contributed by atoms with Crippen LogP contribution in [0, 0.1) is 17.8 Å². The second-order valence-corrected chi connectivity index (χ2v) is 4.35. The molecule has 0 aliphatic rings. The first-order valence-corrected chi connectivity index (χ1v) is 5.86. The van der Waals surface area contributed by atoms with Crippen molar-refractivity contribution in [2.75, 3.05) is 20.3 Å². The van der Waals surface area contributed by atoms with Crippen molar-refractivity contribution in [3.05, 3.63) is 0 Å². The monoisotopic (exact) mass is 304 g/mol. The van der Waals surface area contributed by atoms with Crippen LogP contribution in [-0.2, 0) is 19.1 Å². The largest absolute Gasteiger partial charge is 0.481 e. The summed E-state index contributed by atoms with van der Waals surface area (Å²) in [5, 5.41) is 3.77. The van der Waals surface area contributed by atoms with Gasteiger partial charge in [0.1, 0.15) is 6.61 Å². The number of alkyl halides is 3. The summed E-state index contributed by atoms with van der Waals surface area (Å²) in [7, 11) is -3.08. The van der Waals surface area contributed by atoms with Crippen molar-refractivity contribution in [1.29, 1.82) is 1.43 Å². The molecule has 8 heteroatoms. The molecule has 0 saturated heterocycles. The molecular formula is C12H19F3O5. The maximum Gasteiger partial charge on any atom is 0.411 e. The van der Waals surface area contributed by atoms with Crippen LogP contribution in [0.15, 0.2) is 0 Å². The van der Waals surface area contributed by atoms with Gasteiger partial charge in [-0.1, -0.05) is 20.3 Å². The molecule has 1 N–H and O–H groups in total. The number of ether oxygens (including phenoxy) is 2. The van der Waals surface area contributed by atoms with Gasteiger partial charge >= 0.3 is 18.1 Å². The minimum absolute atomic E-state index is 0.105. The van der Waals surface area contributed by atoms with E-state index in [0.29, 0.717) is 0 Å². The Bertz CT molecular complexity index is 428. The molecule has 0 fully saturated rings. The van der Waals surface area contributed by atoms with Gasteiger partial charge in [-0.2, -0.15) is 13.2 Å². The van der Waals surface area contributed by atoms with E-state index in [1.807, 2.05) is 0 Å². The quantitative estimate of drug-likeness (QED) is 0.695. The number of halogens is 3. The molecule has 118 valence electrons. The molecule has 20 heavy (non-hydrogen) atoms. The van der Waals surface area contributed by atoms with Gasteiger partial charge in [-0.05, 0) is 5.92 Å². The van der Waals surface area contributed by atoms with Crippen LogP contribution in [0.5, 0.6) is 0 Å². The molecule has 0 bridgehead atoms. The Morgan fingerprint density at radius 3 is 2.55 bits per heavy atom. The normalized spacial score (nSPS) is 19.6. The predicted molar refractivity (Wildman–Crippen MR) is 63.0 cm³/mol. The highest BCUT2D eigenvalue weighted by atomic mass is 19.4. The summed E-state index contributed by atoms with van der Waals surface area (Å²) >= 11 is 0. The first-order valence-electron chi connectivity index (χ1n) is 7.77. The molecule has 0 aliphatic carbocycles. The lowest BCUT2D eigenvalue weighted by molar-refractivity contribution is -0.180. The van der Waals surface area contributed by atoms with E-state index in [1.54, 1.807) is 0 Å². The number of rotatable bonds is 8. The zero-order chi connectivity index (χ0) is 19.1. The van der Waals surface area contributed by atoms with Crippen LogP contribution in [0.4, 0.5) is 13.2 Å². The van der Waals surface area contributed by atoms with Crippen LogP contribution in [0.1, 0.15) is 24.4 Å². The van der Waals surface area contributed by atoms with Gasteiger partial charge in [0, 0.05) is 0 Å². The molecule has 0 aliphatic heterocycles.